The first-order chi connectivity index (χ1) is 7.25. The van der Waals surface area contributed by atoms with Crippen molar-refractivity contribution in [3.63, 3.8) is 0 Å². The fraction of sp³-hybridized carbons (Fsp3) is 0.273. The van der Waals surface area contributed by atoms with Gasteiger partial charge in [-0.2, -0.15) is 0 Å². The summed E-state index contributed by atoms with van der Waals surface area (Å²) in [5.41, 5.74) is 0.691. The first kappa shape index (κ1) is 10.3. The third-order valence-electron chi connectivity index (χ3n) is 2.11. The Morgan fingerprint density at radius 2 is 2.33 bits per heavy atom. The Bertz CT molecular complexity index is 428. The second-order valence-electron chi connectivity index (χ2n) is 3.33. The van der Waals surface area contributed by atoms with Gasteiger partial charge in [0.2, 0.25) is 0 Å². The molecule has 2 heterocycles. The highest BCUT2D eigenvalue weighted by Crippen LogP contribution is 2.19. The molecule has 4 heteroatoms. The molecule has 0 aliphatic carbocycles. The monoisotopic (exact) mass is 220 g/mol. The summed E-state index contributed by atoms with van der Waals surface area (Å²) in [5.74, 6) is 0.692. The maximum atomic E-state index is 9.93. The Kier molecular flexibility index (Phi) is 3.08. The van der Waals surface area contributed by atoms with Crippen molar-refractivity contribution in [3.8, 4) is 0 Å². The fourth-order valence-electron chi connectivity index (χ4n) is 1.38. The van der Waals surface area contributed by atoms with Crippen molar-refractivity contribution in [1.82, 2.24) is 9.97 Å². The van der Waals surface area contributed by atoms with E-state index in [1.54, 1.807) is 23.6 Å². The van der Waals surface area contributed by atoms with Gasteiger partial charge in [-0.15, -0.1) is 11.3 Å². The number of nitrogens with zero attached hydrogens (tertiary/aromatic N) is 2. The van der Waals surface area contributed by atoms with E-state index < -0.39 is 6.10 Å². The van der Waals surface area contributed by atoms with Gasteiger partial charge in [0.05, 0.1) is 5.69 Å². The van der Waals surface area contributed by atoms with Gasteiger partial charge in [0.15, 0.2) is 0 Å². The van der Waals surface area contributed by atoms with Gasteiger partial charge in [0, 0.05) is 17.5 Å². The zero-order valence-electron chi connectivity index (χ0n) is 8.42. The van der Waals surface area contributed by atoms with Crippen LogP contribution in [-0.2, 0) is 6.42 Å². The minimum Gasteiger partial charge on any atom is -0.386 e. The van der Waals surface area contributed by atoms with E-state index in [9.17, 15) is 5.11 Å². The number of aliphatic hydroxyl groups excluding tert-OH is 1. The maximum absolute atomic E-state index is 9.93. The lowest BCUT2D eigenvalue weighted by atomic mass is 10.1. The van der Waals surface area contributed by atoms with Crippen molar-refractivity contribution >= 4 is 11.3 Å². The molecule has 0 aromatic carbocycles. The molecule has 78 valence electrons. The molecule has 0 spiro atoms. The van der Waals surface area contributed by atoms with Crippen LogP contribution >= 0.6 is 11.3 Å². The molecule has 0 amide bonds. The van der Waals surface area contributed by atoms with Crippen LogP contribution in [-0.4, -0.2) is 15.1 Å². The summed E-state index contributed by atoms with van der Waals surface area (Å²) in [7, 11) is 0. The van der Waals surface area contributed by atoms with E-state index in [2.05, 4.69) is 9.97 Å². The molecular weight excluding hydrogens is 208 g/mol. The highest BCUT2D eigenvalue weighted by molar-refractivity contribution is 7.09. The minimum absolute atomic E-state index is 0.537. The average molecular weight is 220 g/mol. The van der Waals surface area contributed by atoms with E-state index in [-0.39, 0.29) is 0 Å². The molecule has 0 aliphatic heterocycles. The molecular formula is C11H12N2OS. The van der Waals surface area contributed by atoms with Crippen molar-refractivity contribution < 1.29 is 5.11 Å². The van der Waals surface area contributed by atoms with Crippen LogP contribution in [0, 0.1) is 6.92 Å². The van der Waals surface area contributed by atoms with Crippen molar-refractivity contribution in [2.75, 3.05) is 0 Å². The van der Waals surface area contributed by atoms with Gasteiger partial charge in [0.25, 0.3) is 0 Å². The van der Waals surface area contributed by atoms with E-state index >= 15 is 0 Å². The predicted octanol–water partition coefficient (Wildman–Crippen LogP) is 2.12. The quantitative estimate of drug-likeness (QED) is 0.861. The molecule has 15 heavy (non-hydrogen) atoms. The SMILES string of the molecule is Cc1nccc(C(O)Cc2cccs2)n1. The van der Waals surface area contributed by atoms with Gasteiger partial charge in [0.1, 0.15) is 11.9 Å². The number of aryl methyl sites for hydroxylation is 1. The van der Waals surface area contributed by atoms with E-state index in [0.717, 1.165) is 0 Å². The highest BCUT2D eigenvalue weighted by Gasteiger charge is 2.10. The van der Waals surface area contributed by atoms with Crippen molar-refractivity contribution in [1.29, 1.82) is 0 Å². The van der Waals surface area contributed by atoms with Crippen LogP contribution in [0.1, 0.15) is 22.5 Å². The Hall–Kier alpha value is -1.26. The third kappa shape index (κ3) is 2.61. The number of hydrogen-bond donors (Lipinski definition) is 1. The number of rotatable bonds is 3. The van der Waals surface area contributed by atoms with Gasteiger partial charge in [-0.1, -0.05) is 6.07 Å². The summed E-state index contributed by atoms with van der Waals surface area (Å²) < 4.78 is 0. The Morgan fingerprint density at radius 1 is 1.47 bits per heavy atom. The molecule has 0 bridgehead atoms. The molecule has 0 aliphatic rings. The topological polar surface area (TPSA) is 46.0 Å². The van der Waals surface area contributed by atoms with Crippen LogP contribution in [0.2, 0.25) is 0 Å². The molecule has 2 rings (SSSR count). The minimum atomic E-state index is -0.537. The summed E-state index contributed by atoms with van der Waals surface area (Å²) in [6.07, 6.45) is 1.76. The van der Waals surface area contributed by atoms with Crippen LogP contribution < -0.4 is 0 Å². The van der Waals surface area contributed by atoms with Gasteiger partial charge in [-0.05, 0) is 24.4 Å². The molecule has 0 radical (unpaired) electrons. The number of aromatic nitrogens is 2. The number of hydrogen-bond acceptors (Lipinski definition) is 4. The summed E-state index contributed by atoms with van der Waals surface area (Å²) in [4.78, 5) is 9.36. The van der Waals surface area contributed by atoms with Crippen LogP contribution in [0.5, 0.6) is 0 Å². The maximum Gasteiger partial charge on any atom is 0.125 e. The van der Waals surface area contributed by atoms with Crippen molar-refractivity contribution in [2.24, 2.45) is 0 Å². The van der Waals surface area contributed by atoms with E-state index in [4.69, 9.17) is 0 Å². The lowest BCUT2D eigenvalue weighted by Crippen LogP contribution is -2.04. The Balaban J connectivity index is 2.11. The third-order valence-corrected chi connectivity index (χ3v) is 3.01. The van der Waals surface area contributed by atoms with Gasteiger partial charge in [-0.25, -0.2) is 9.97 Å². The van der Waals surface area contributed by atoms with Gasteiger partial charge >= 0.3 is 0 Å². The summed E-state index contributed by atoms with van der Waals surface area (Å²) in [6, 6.07) is 5.76. The number of aliphatic hydroxyl groups is 1. The van der Waals surface area contributed by atoms with Gasteiger partial charge in [-0.3, -0.25) is 0 Å². The molecule has 0 saturated heterocycles. The highest BCUT2D eigenvalue weighted by atomic mass is 32.1. The first-order valence-corrected chi connectivity index (χ1v) is 5.63. The molecule has 1 unspecified atom stereocenters. The zero-order valence-corrected chi connectivity index (χ0v) is 9.24. The molecule has 0 fully saturated rings. The second kappa shape index (κ2) is 4.51. The second-order valence-corrected chi connectivity index (χ2v) is 4.36. The average Bonchev–Trinajstić information content (AvgIpc) is 2.70. The lowest BCUT2D eigenvalue weighted by Gasteiger charge is -2.08. The summed E-state index contributed by atoms with van der Waals surface area (Å²) in [5, 5.41) is 11.9. The molecule has 1 atom stereocenters. The molecule has 0 saturated carbocycles. The van der Waals surface area contributed by atoms with Gasteiger partial charge < -0.3 is 5.11 Å². The van der Waals surface area contributed by atoms with Crippen molar-refractivity contribution in [2.45, 2.75) is 19.4 Å². The van der Waals surface area contributed by atoms with Crippen LogP contribution in [0.4, 0.5) is 0 Å². The zero-order chi connectivity index (χ0) is 10.7. The lowest BCUT2D eigenvalue weighted by molar-refractivity contribution is 0.174. The molecule has 2 aromatic heterocycles. The summed E-state index contributed by atoms with van der Waals surface area (Å²) >= 11 is 1.65. The van der Waals surface area contributed by atoms with Crippen molar-refractivity contribution in [3.05, 3.63) is 46.2 Å². The van der Waals surface area contributed by atoms with E-state index in [1.165, 1.54) is 4.88 Å². The molecule has 3 nitrogen and oxygen atoms in total. The standard InChI is InChI=1S/C11H12N2OS/c1-8-12-5-4-10(13-8)11(14)7-9-3-2-6-15-9/h2-6,11,14H,7H2,1H3. The smallest absolute Gasteiger partial charge is 0.125 e. The normalized spacial score (nSPS) is 12.7. The molecule has 1 N–H and O–H groups in total. The van der Waals surface area contributed by atoms with Crippen LogP contribution in [0.3, 0.4) is 0 Å². The fourth-order valence-corrected chi connectivity index (χ4v) is 2.13. The first-order valence-electron chi connectivity index (χ1n) is 4.75. The largest absolute Gasteiger partial charge is 0.386 e. The number of thiophene rings is 1. The summed E-state index contributed by atoms with van der Waals surface area (Å²) in [6.45, 7) is 1.82. The van der Waals surface area contributed by atoms with Crippen LogP contribution in [0.25, 0.3) is 0 Å². The Morgan fingerprint density at radius 3 is 3.00 bits per heavy atom. The molecule has 2 aromatic rings. The predicted molar refractivity (Wildman–Crippen MR) is 59.8 cm³/mol. The Labute approximate surface area is 92.5 Å². The van der Waals surface area contributed by atoms with E-state index in [1.807, 2.05) is 24.4 Å². The van der Waals surface area contributed by atoms with E-state index in [0.29, 0.717) is 17.9 Å². The van der Waals surface area contributed by atoms with Crippen LogP contribution in [0.15, 0.2) is 29.8 Å².